The third-order valence-electron chi connectivity index (χ3n) is 12.3. The fourth-order valence-electron chi connectivity index (χ4n) is 8.11. The van der Waals surface area contributed by atoms with Gasteiger partial charge < -0.3 is 19.9 Å². The summed E-state index contributed by atoms with van der Waals surface area (Å²) in [7, 11) is -8.17. The monoisotopic (exact) mass is 1080 g/mol. The Morgan fingerprint density at radius 2 is 0.909 bits per heavy atom. The van der Waals surface area contributed by atoms with Gasteiger partial charge in [0.05, 0.1) is 58.8 Å². The molecule has 396 valence electrons. The fourth-order valence-corrected chi connectivity index (χ4v) is 9.24. The summed E-state index contributed by atoms with van der Waals surface area (Å²) in [5.74, 6) is 0.231. The number of aryl methyl sites for hydroxylation is 5. The van der Waals surface area contributed by atoms with Crippen molar-refractivity contribution in [2.75, 3.05) is 30.0 Å². The number of hydrogen-bond acceptors (Lipinski definition) is 16. The SMILES string of the molecule is Cc1cc(N=Nc2cc(C)c(N=Nc3cc(C)c(N=Nc4ccc5cc(Nc6ccccc6)ccc5c4O)cc3C)cc2C)c(OCCCCS(=O)(=O)O)cc1N=Nc1ccc2cccc(OCCCCS(=O)(=O)O)c2c1. The van der Waals surface area contributed by atoms with Crippen LogP contribution in [0.5, 0.6) is 17.2 Å². The van der Waals surface area contributed by atoms with Crippen LogP contribution in [0.1, 0.15) is 53.5 Å². The first-order valence-electron chi connectivity index (χ1n) is 24.7. The molecular weight excluding hydrogens is 1020 g/mol. The Hall–Kier alpha value is -8.30. The number of fused-ring (bicyclic) bond motifs is 2. The van der Waals surface area contributed by atoms with Gasteiger partial charge in [-0.1, -0.05) is 42.5 Å². The quantitative estimate of drug-likeness (QED) is 0.0283. The molecule has 8 aromatic carbocycles. The van der Waals surface area contributed by atoms with Crippen LogP contribution in [0.4, 0.5) is 56.9 Å². The molecule has 0 aliphatic carbocycles. The highest BCUT2D eigenvalue weighted by molar-refractivity contribution is 7.86. The van der Waals surface area contributed by atoms with Crippen molar-refractivity contribution in [3.05, 3.63) is 161 Å². The number of nitrogens with one attached hydrogen (secondary N) is 1. The molecule has 0 fully saturated rings. The molecule has 8 rings (SSSR count). The number of nitrogens with zero attached hydrogens (tertiary/aromatic N) is 8. The zero-order valence-electron chi connectivity index (χ0n) is 43.0. The van der Waals surface area contributed by atoms with E-state index < -0.39 is 26.0 Å². The Bertz CT molecular complexity index is 3830. The number of unbranched alkanes of at least 4 members (excludes halogenated alkanes) is 2. The lowest BCUT2D eigenvalue weighted by atomic mass is 10.1. The third-order valence-corrected chi connectivity index (χ3v) is 14.0. The molecule has 0 saturated carbocycles. The Kier molecular flexibility index (Phi) is 17.5. The summed E-state index contributed by atoms with van der Waals surface area (Å²) in [5.41, 5.74) is 10.1. The average molecular weight is 1080 g/mol. The number of anilines is 2. The number of rotatable bonds is 22. The summed E-state index contributed by atoms with van der Waals surface area (Å²) in [6.07, 6.45) is 1.20. The van der Waals surface area contributed by atoms with Crippen molar-refractivity contribution in [3.8, 4) is 17.2 Å². The van der Waals surface area contributed by atoms with E-state index in [1.807, 2.05) is 150 Å². The molecule has 0 bridgehead atoms. The lowest BCUT2D eigenvalue weighted by Gasteiger charge is -2.11. The van der Waals surface area contributed by atoms with E-state index in [1.165, 1.54) is 0 Å². The van der Waals surface area contributed by atoms with Gasteiger partial charge in [0, 0.05) is 28.2 Å². The summed E-state index contributed by atoms with van der Waals surface area (Å²) >= 11 is 0. The fraction of sp³-hybridized carbons (Fsp3) is 0.228. The molecule has 0 radical (unpaired) electrons. The molecule has 77 heavy (non-hydrogen) atoms. The maximum atomic E-state index is 11.3. The average Bonchev–Trinajstić information content (AvgIpc) is 3.39. The van der Waals surface area contributed by atoms with E-state index in [0.717, 1.165) is 55.4 Å². The van der Waals surface area contributed by atoms with E-state index in [1.54, 1.807) is 18.2 Å². The van der Waals surface area contributed by atoms with Gasteiger partial charge in [-0.25, -0.2) is 0 Å². The molecule has 0 heterocycles. The minimum atomic E-state index is -4.13. The topological polar surface area (TPSA) is 258 Å². The highest BCUT2D eigenvalue weighted by atomic mass is 32.2. The van der Waals surface area contributed by atoms with E-state index in [4.69, 9.17) is 14.0 Å². The van der Waals surface area contributed by atoms with Crippen LogP contribution in [-0.4, -0.2) is 55.8 Å². The third kappa shape index (κ3) is 15.2. The van der Waals surface area contributed by atoms with E-state index >= 15 is 0 Å². The van der Waals surface area contributed by atoms with Crippen LogP contribution in [-0.2, 0) is 20.2 Å². The second-order valence-electron chi connectivity index (χ2n) is 18.5. The largest absolute Gasteiger partial charge is 0.505 e. The first-order chi connectivity index (χ1) is 36.9. The normalized spacial score (nSPS) is 12.3. The molecule has 0 saturated heterocycles. The molecule has 18 nitrogen and oxygen atoms in total. The molecule has 0 unspecified atom stereocenters. The number of ether oxygens (including phenoxy) is 2. The van der Waals surface area contributed by atoms with E-state index in [2.05, 4.69) is 46.2 Å². The number of azo groups is 4. The standard InChI is InChI=1S/C57H57N9O9S2/c1-36-29-50(37(2)28-49(36)62-60-48-23-19-42-33-44(21-22-46(42)57(48)67)58-43-15-7-6-8-16-43)63-64-51-30-39(4)52(31-38(51)3)65-66-54-32-40(5)53(35-56(54)75-25-10-12-27-77(71,72)73)61-59-45-20-18-41-14-13-17-55(47(41)34-45)74-24-9-11-26-76(68,69)70/h6-8,13-23,28-35,58,67H,9-12,24-27H2,1-5H3,(H,68,69,70)(H,71,72,73). The second-order valence-corrected chi connectivity index (χ2v) is 21.6. The molecule has 8 aromatic rings. The first-order valence-corrected chi connectivity index (χ1v) is 27.9. The van der Waals surface area contributed by atoms with Gasteiger partial charge in [-0.3, -0.25) is 9.11 Å². The zero-order chi connectivity index (χ0) is 54.7. The number of benzene rings is 8. The van der Waals surface area contributed by atoms with Crippen LogP contribution in [0.25, 0.3) is 21.5 Å². The van der Waals surface area contributed by atoms with Crippen molar-refractivity contribution in [2.24, 2.45) is 40.9 Å². The van der Waals surface area contributed by atoms with Gasteiger partial charge >= 0.3 is 0 Å². The van der Waals surface area contributed by atoms with Crippen molar-refractivity contribution in [1.82, 2.24) is 0 Å². The summed E-state index contributed by atoms with van der Waals surface area (Å²) < 4.78 is 75.3. The van der Waals surface area contributed by atoms with Crippen molar-refractivity contribution < 1.29 is 40.5 Å². The van der Waals surface area contributed by atoms with Crippen molar-refractivity contribution in [3.63, 3.8) is 0 Å². The van der Waals surface area contributed by atoms with Crippen LogP contribution in [0.15, 0.2) is 174 Å². The zero-order valence-corrected chi connectivity index (χ0v) is 44.7. The predicted octanol–water partition coefficient (Wildman–Crippen LogP) is 16.7. The minimum absolute atomic E-state index is 0.0405. The van der Waals surface area contributed by atoms with Gasteiger partial charge in [0.25, 0.3) is 20.2 Å². The molecule has 0 aliphatic rings. The van der Waals surface area contributed by atoms with Gasteiger partial charge in [0.15, 0.2) is 5.75 Å². The summed E-state index contributed by atoms with van der Waals surface area (Å²) in [5, 5.41) is 54.1. The Labute approximate surface area is 446 Å². The second kappa shape index (κ2) is 24.6. The van der Waals surface area contributed by atoms with E-state index in [0.29, 0.717) is 75.2 Å². The van der Waals surface area contributed by atoms with Crippen molar-refractivity contribution in [1.29, 1.82) is 0 Å². The van der Waals surface area contributed by atoms with Crippen molar-refractivity contribution in [2.45, 2.75) is 60.3 Å². The molecule has 0 amide bonds. The molecule has 20 heteroatoms. The predicted molar refractivity (Wildman–Crippen MR) is 301 cm³/mol. The van der Waals surface area contributed by atoms with Gasteiger partial charge in [0.1, 0.15) is 22.9 Å². The minimum Gasteiger partial charge on any atom is -0.505 e. The number of para-hydroxylation sites is 1. The lowest BCUT2D eigenvalue weighted by molar-refractivity contribution is 0.310. The highest BCUT2D eigenvalue weighted by Crippen LogP contribution is 2.41. The Morgan fingerprint density at radius 1 is 0.416 bits per heavy atom. The maximum Gasteiger partial charge on any atom is 0.264 e. The molecule has 0 aromatic heterocycles. The summed E-state index contributed by atoms with van der Waals surface area (Å²) in [4.78, 5) is 0. The number of aromatic hydroxyl groups is 1. The van der Waals surface area contributed by atoms with Gasteiger partial charge in [-0.15, -0.1) is 10.2 Å². The smallest absolute Gasteiger partial charge is 0.264 e. The van der Waals surface area contributed by atoms with Gasteiger partial charge in [-0.2, -0.15) is 47.5 Å². The number of phenolic OH excluding ortho intramolecular Hbond substituents is 1. The molecule has 4 N–H and O–H groups in total. The van der Waals surface area contributed by atoms with Crippen LogP contribution in [0.3, 0.4) is 0 Å². The molecular formula is C57H57N9O9S2. The van der Waals surface area contributed by atoms with Crippen LogP contribution in [0, 0.1) is 34.6 Å². The Morgan fingerprint density at radius 3 is 1.48 bits per heavy atom. The van der Waals surface area contributed by atoms with Crippen LogP contribution < -0.4 is 14.8 Å². The van der Waals surface area contributed by atoms with E-state index in [-0.39, 0.29) is 37.6 Å². The molecule has 0 spiro atoms. The van der Waals surface area contributed by atoms with Crippen molar-refractivity contribution >= 4 is 98.7 Å². The maximum absolute atomic E-state index is 11.3. The van der Waals surface area contributed by atoms with E-state index in [9.17, 15) is 26.5 Å². The van der Waals surface area contributed by atoms with Gasteiger partial charge in [-0.05, 0) is 184 Å². The lowest BCUT2D eigenvalue weighted by Crippen LogP contribution is -2.06. The number of hydrogen-bond donors (Lipinski definition) is 4. The van der Waals surface area contributed by atoms with Crippen LogP contribution in [0.2, 0.25) is 0 Å². The Balaban J connectivity index is 0.965. The van der Waals surface area contributed by atoms with Gasteiger partial charge in [0.2, 0.25) is 0 Å². The summed E-state index contributed by atoms with van der Waals surface area (Å²) in [6, 6.07) is 41.4. The highest BCUT2D eigenvalue weighted by Gasteiger charge is 2.14. The van der Waals surface area contributed by atoms with Crippen LogP contribution >= 0.6 is 0 Å². The molecule has 0 aliphatic heterocycles. The first kappa shape index (κ1) is 54.9. The number of phenols is 1. The molecule has 0 atom stereocenters. The summed E-state index contributed by atoms with van der Waals surface area (Å²) in [6.45, 7) is 9.86.